The van der Waals surface area contributed by atoms with Crippen LogP contribution in [0.2, 0.25) is 0 Å². The van der Waals surface area contributed by atoms with Gasteiger partial charge >= 0.3 is 0 Å². The van der Waals surface area contributed by atoms with Gasteiger partial charge in [0, 0.05) is 30.5 Å². The number of nitrogens with two attached hydrogens (primary N) is 2. The average molecular weight is 221 g/mol. The molecule has 0 aliphatic carbocycles. The van der Waals surface area contributed by atoms with E-state index in [-0.39, 0.29) is 5.91 Å². The van der Waals surface area contributed by atoms with Gasteiger partial charge in [0.25, 0.3) is 5.91 Å². The van der Waals surface area contributed by atoms with E-state index in [0.29, 0.717) is 29.4 Å². The van der Waals surface area contributed by atoms with Crippen molar-refractivity contribution in [3.63, 3.8) is 0 Å². The summed E-state index contributed by atoms with van der Waals surface area (Å²) in [5, 5.41) is 0. The second-order valence-corrected chi connectivity index (χ2v) is 4.47. The van der Waals surface area contributed by atoms with E-state index in [1.807, 2.05) is 0 Å². The summed E-state index contributed by atoms with van der Waals surface area (Å²) in [6, 6.07) is 4.93. The van der Waals surface area contributed by atoms with Crippen LogP contribution in [0.4, 0.5) is 11.4 Å². The van der Waals surface area contributed by atoms with Crippen molar-refractivity contribution in [2.24, 2.45) is 5.92 Å². The summed E-state index contributed by atoms with van der Waals surface area (Å²) in [7, 11) is 1.78. The van der Waals surface area contributed by atoms with Crippen LogP contribution in [0, 0.1) is 5.92 Å². The first kappa shape index (κ1) is 12.4. The molecular formula is C12H19N3O. The Kier molecular flexibility index (Phi) is 3.77. The lowest BCUT2D eigenvalue weighted by molar-refractivity contribution is 0.0779. The maximum absolute atomic E-state index is 12.0. The predicted molar refractivity (Wildman–Crippen MR) is 67.1 cm³/mol. The summed E-state index contributed by atoms with van der Waals surface area (Å²) in [4.78, 5) is 13.7. The summed E-state index contributed by atoms with van der Waals surface area (Å²) in [6.45, 7) is 4.85. The Hall–Kier alpha value is -1.71. The van der Waals surface area contributed by atoms with E-state index in [9.17, 15) is 4.79 Å². The van der Waals surface area contributed by atoms with Crippen LogP contribution in [0.5, 0.6) is 0 Å². The van der Waals surface area contributed by atoms with E-state index in [1.54, 1.807) is 30.1 Å². The van der Waals surface area contributed by atoms with Crippen LogP contribution in [-0.4, -0.2) is 24.4 Å². The number of rotatable bonds is 3. The van der Waals surface area contributed by atoms with Crippen molar-refractivity contribution < 1.29 is 4.79 Å². The number of amides is 1. The highest BCUT2D eigenvalue weighted by molar-refractivity contribution is 5.95. The molecule has 1 amide bonds. The highest BCUT2D eigenvalue weighted by Crippen LogP contribution is 2.15. The Bertz CT molecular complexity index is 368. The topological polar surface area (TPSA) is 72.3 Å². The minimum atomic E-state index is -0.0484. The fourth-order valence-corrected chi connectivity index (χ4v) is 1.65. The highest BCUT2D eigenvalue weighted by atomic mass is 16.2. The van der Waals surface area contributed by atoms with E-state index in [1.165, 1.54) is 0 Å². The van der Waals surface area contributed by atoms with Crippen molar-refractivity contribution in [1.29, 1.82) is 0 Å². The second-order valence-electron chi connectivity index (χ2n) is 4.47. The Balaban J connectivity index is 2.87. The number of carbonyl (C=O) groups is 1. The van der Waals surface area contributed by atoms with Gasteiger partial charge in [0.15, 0.2) is 0 Å². The zero-order valence-electron chi connectivity index (χ0n) is 10.0. The quantitative estimate of drug-likeness (QED) is 0.761. The zero-order chi connectivity index (χ0) is 12.3. The molecule has 0 bridgehead atoms. The van der Waals surface area contributed by atoms with E-state index in [0.717, 1.165) is 0 Å². The van der Waals surface area contributed by atoms with Gasteiger partial charge in [-0.3, -0.25) is 4.79 Å². The van der Waals surface area contributed by atoms with E-state index in [2.05, 4.69) is 13.8 Å². The number of carbonyl (C=O) groups excluding carboxylic acids is 1. The molecule has 4 heteroatoms. The first-order valence-electron chi connectivity index (χ1n) is 5.31. The third-order valence-electron chi connectivity index (χ3n) is 2.21. The van der Waals surface area contributed by atoms with Crippen molar-refractivity contribution in [3.05, 3.63) is 23.8 Å². The van der Waals surface area contributed by atoms with Crippen LogP contribution in [0.15, 0.2) is 18.2 Å². The Morgan fingerprint density at radius 3 is 2.19 bits per heavy atom. The monoisotopic (exact) mass is 221 g/mol. The summed E-state index contributed by atoms with van der Waals surface area (Å²) >= 11 is 0. The van der Waals surface area contributed by atoms with Crippen LogP contribution < -0.4 is 11.5 Å². The Labute approximate surface area is 96.2 Å². The number of nitrogen functional groups attached to an aromatic ring is 2. The van der Waals surface area contributed by atoms with E-state index < -0.39 is 0 Å². The van der Waals surface area contributed by atoms with Gasteiger partial charge in [-0.25, -0.2) is 0 Å². The standard InChI is InChI=1S/C12H19N3O/c1-8(2)7-15(3)12(16)9-4-10(13)6-11(14)5-9/h4-6,8H,7,13-14H2,1-3H3. The SMILES string of the molecule is CC(C)CN(C)C(=O)c1cc(N)cc(N)c1. The summed E-state index contributed by atoms with van der Waals surface area (Å²) in [5.74, 6) is 0.389. The summed E-state index contributed by atoms with van der Waals surface area (Å²) < 4.78 is 0. The molecule has 0 unspecified atom stereocenters. The molecular weight excluding hydrogens is 202 g/mol. The maximum atomic E-state index is 12.0. The Morgan fingerprint density at radius 1 is 1.25 bits per heavy atom. The molecule has 0 atom stereocenters. The molecule has 88 valence electrons. The molecule has 1 aromatic rings. The lowest BCUT2D eigenvalue weighted by Crippen LogP contribution is -2.30. The van der Waals surface area contributed by atoms with Crippen LogP contribution >= 0.6 is 0 Å². The maximum Gasteiger partial charge on any atom is 0.253 e. The summed E-state index contributed by atoms with van der Waals surface area (Å²) in [5.41, 5.74) is 12.9. The van der Waals surface area contributed by atoms with Crippen molar-refractivity contribution in [2.45, 2.75) is 13.8 Å². The molecule has 0 saturated heterocycles. The smallest absolute Gasteiger partial charge is 0.253 e. The van der Waals surface area contributed by atoms with Gasteiger partial charge in [0.2, 0.25) is 0 Å². The van der Waals surface area contributed by atoms with Gasteiger partial charge in [0.05, 0.1) is 0 Å². The normalized spacial score (nSPS) is 10.5. The van der Waals surface area contributed by atoms with Gasteiger partial charge < -0.3 is 16.4 Å². The first-order valence-corrected chi connectivity index (χ1v) is 5.31. The highest BCUT2D eigenvalue weighted by Gasteiger charge is 2.13. The van der Waals surface area contributed by atoms with Crippen molar-refractivity contribution in [2.75, 3.05) is 25.1 Å². The fourth-order valence-electron chi connectivity index (χ4n) is 1.65. The fraction of sp³-hybridized carbons (Fsp3) is 0.417. The number of nitrogens with zero attached hydrogens (tertiary/aromatic N) is 1. The lowest BCUT2D eigenvalue weighted by Gasteiger charge is -2.19. The second kappa shape index (κ2) is 4.88. The molecule has 0 radical (unpaired) electrons. The van der Waals surface area contributed by atoms with Gasteiger partial charge in [-0.1, -0.05) is 13.8 Å². The van der Waals surface area contributed by atoms with Gasteiger partial charge in [-0.15, -0.1) is 0 Å². The minimum absolute atomic E-state index is 0.0484. The van der Waals surface area contributed by atoms with Gasteiger partial charge in [-0.2, -0.15) is 0 Å². The number of hydrogen-bond donors (Lipinski definition) is 2. The molecule has 16 heavy (non-hydrogen) atoms. The predicted octanol–water partition coefficient (Wildman–Crippen LogP) is 1.58. The van der Waals surface area contributed by atoms with Crippen molar-refractivity contribution in [3.8, 4) is 0 Å². The number of anilines is 2. The van der Waals surface area contributed by atoms with Crippen molar-refractivity contribution >= 4 is 17.3 Å². The molecule has 0 spiro atoms. The molecule has 0 saturated carbocycles. The third-order valence-corrected chi connectivity index (χ3v) is 2.21. The molecule has 0 fully saturated rings. The molecule has 0 aromatic heterocycles. The van der Waals surface area contributed by atoms with Crippen LogP contribution in [-0.2, 0) is 0 Å². The average Bonchev–Trinajstić information content (AvgIpc) is 2.13. The van der Waals surface area contributed by atoms with Crippen LogP contribution in [0.25, 0.3) is 0 Å². The van der Waals surface area contributed by atoms with Gasteiger partial charge in [-0.05, 0) is 24.1 Å². The molecule has 4 N–H and O–H groups in total. The molecule has 4 nitrogen and oxygen atoms in total. The minimum Gasteiger partial charge on any atom is -0.399 e. The Morgan fingerprint density at radius 2 is 1.75 bits per heavy atom. The zero-order valence-corrected chi connectivity index (χ0v) is 10.0. The van der Waals surface area contributed by atoms with Gasteiger partial charge in [0.1, 0.15) is 0 Å². The third kappa shape index (κ3) is 3.15. The van der Waals surface area contributed by atoms with Crippen molar-refractivity contribution in [1.82, 2.24) is 4.90 Å². The summed E-state index contributed by atoms with van der Waals surface area (Å²) in [6.07, 6.45) is 0. The lowest BCUT2D eigenvalue weighted by atomic mass is 10.1. The molecule has 1 aromatic carbocycles. The van der Waals surface area contributed by atoms with E-state index >= 15 is 0 Å². The van der Waals surface area contributed by atoms with E-state index in [4.69, 9.17) is 11.5 Å². The van der Waals surface area contributed by atoms with Crippen LogP contribution in [0.1, 0.15) is 24.2 Å². The molecule has 0 heterocycles. The molecule has 0 aliphatic rings. The van der Waals surface area contributed by atoms with Crippen LogP contribution in [0.3, 0.4) is 0 Å². The number of hydrogen-bond acceptors (Lipinski definition) is 3. The molecule has 1 rings (SSSR count). The molecule has 0 aliphatic heterocycles. The number of benzene rings is 1. The first-order chi connectivity index (χ1) is 7.40. The largest absolute Gasteiger partial charge is 0.399 e.